The number of methoxy groups -OCH3 is 1. The predicted molar refractivity (Wildman–Crippen MR) is 80.3 cm³/mol. The molecular formula is C14H19NO2S2. The number of aromatic nitrogens is 1. The molecule has 0 aliphatic heterocycles. The zero-order chi connectivity index (χ0) is 14.0. The van der Waals surface area contributed by atoms with Crippen molar-refractivity contribution in [2.24, 2.45) is 0 Å². The molecule has 0 saturated heterocycles. The fourth-order valence-corrected chi connectivity index (χ4v) is 3.53. The van der Waals surface area contributed by atoms with Crippen LogP contribution >= 0.6 is 22.7 Å². The van der Waals surface area contributed by atoms with Crippen LogP contribution in [0.5, 0.6) is 5.75 Å². The van der Waals surface area contributed by atoms with E-state index < -0.39 is 6.10 Å². The molecule has 19 heavy (non-hydrogen) atoms. The van der Waals surface area contributed by atoms with Crippen LogP contribution in [0.15, 0.2) is 16.8 Å². The number of thiazole rings is 1. The van der Waals surface area contributed by atoms with Gasteiger partial charge in [0.15, 0.2) is 0 Å². The lowest BCUT2D eigenvalue weighted by Gasteiger charge is -2.14. The zero-order valence-electron chi connectivity index (χ0n) is 11.6. The zero-order valence-corrected chi connectivity index (χ0v) is 13.3. The summed E-state index contributed by atoms with van der Waals surface area (Å²) in [6.45, 7) is 6.44. The van der Waals surface area contributed by atoms with Crippen molar-refractivity contribution in [1.82, 2.24) is 4.98 Å². The van der Waals surface area contributed by atoms with Gasteiger partial charge in [0.25, 0.3) is 0 Å². The summed E-state index contributed by atoms with van der Waals surface area (Å²) < 4.78 is 5.13. The summed E-state index contributed by atoms with van der Waals surface area (Å²) >= 11 is 3.13. The van der Waals surface area contributed by atoms with Crippen LogP contribution in [0, 0.1) is 0 Å². The van der Waals surface area contributed by atoms with Crippen molar-refractivity contribution in [3.05, 3.63) is 32.4 Å². The molecule has 1 unspecified atom stereocenters. The Morgan fingerprint density at radius 3 is 2.58 bits per heavy atom. The first-order valence-electron chi connectivity index (χ1n) is 6.15. The van der Waals surface area contributed by atoms with E-state index in [2.05, 4.69) is 31.1 Å². The first-order chi connectivity index (χ1) is 8.90. The predicted octanol–water partition coefficient (Wildman–Crippen LogP) is 3.79. The highest BCUT2D eigenvalue weighted by atomic mass is 32.1. The Balaban J connectivity index is 2.06. The van der Waals surface area contributed by atoms with Gasteiger partial charge in [0.2, 0.25) is 0 Å². The third-order valence-corrected chi connectivity index (χ3v) is 4.73. The van der Waals surface area contributed by atoms with Crippen molar-refractivity contribution >= 4 is 22.7 Å². The van der Waals surface area contributed by atoms with Crippen LogP contribution in [0.2, 0.25) is 0 Å². The maximum absolute atomic E-state index is 10.2. The van der Waals surface area contributed by atoms with Gasteiger partial charge in [-0.15, -0.1) is 22.7 Å². The lowest BCUT2D eigenvalue weighted by Crippen LogP contribution is -2.11. The number of aliphatic hydroxyl groups is 1. The first kappa shape index (κ1) is 14.5. The number of ether oxygens (including phenoxy) is 1. The molecule has 0 aliphatic rings. The van der Waals surface area contributed by atoms with Crippen molar-refractivity contribution in [1.29, 1.82) is 0 Å². The number of hydrogen-bond acceptors (Lipinski definition) is 5. The summed E-state index contributed by atoms with van der Waals surface area (Å²) in [5.41, 5.74) is 1.15. The Labute approximate surface area is 121 Å². The summed E-state index contributed by atoms with van der Waals surface area (Å²) in [7, 11) is 1.63. The van der Waals surface area contributed by atoms with Crippen molar-refractivity contribution in [2.45, 2.75) is 38.7 Å². The molecule has 2 aromatic rings. The Kier molecular flexibility index (Phi) is 4.28. The van der Waals surface area contributed by atoms with Gasteiger partial charge in [0.1, 0.15) is 5.75 Å². The molecule has 5 heteroatoms. The second kappa shape index (κ2) is 5.61. The second-order valence-corrected chi connectivity index (χ2v) is 7.37. The van der Waals surface area contributed by atoms with Gasteiger partial charge in [-0.25, -0.2) is 4.98 Å². The van der Waals surface area contributed by atoms with Gasteiger partial charge in [-0.1, -0.05) is 20.8 Å². The van der Waals surface area contributed by atoms with E-state index in [9.17, 15) is 5.11 Å². The molecular weight excluding hydrogens is 278 g/mol. The Hall–Kier alpha value is -0.910. The van der Waals surface area contributed by atoms with Crippen molar-refractivity contribution in [3.63, 3.8) is 0 Å². The maximum atomic E-state index is 10.2. The van der Waals surface area contributed by atoms with E-state index in [0.717, 1.165) is 21.3 Å². The van der Waals surface area contributed by atoms with Gasteiger partial charge in [-0.3, -0.25) is 0 Å². The van der Waals surface area contributed by atoms with Gasteiger partial charge in [-0.2, -0.15) is 0 Å². The van der Waals surface area contributed by atoms with E-state index >= 15 is 0 Å². The van der Waals surface area contributed by atoms with Crippen LogP contribution < -0.4 is 4.74 Å². The van der Waals surface area contributed by atoms with Crippen LogP contribution in [0.1, 0.15) is 42.5 Å². The molecule has 0 fully saturated rings. The quantitative estimate of drug-likeness (QED) is 0.933. The molecule has 3 nitrogen and oxygen atoms in total. The maximum Gasteiger partial charge on any atom is 0.129 e. The molecule has 0 aliphatic carbocycles. The Morgan fingerprint density at radius 1 is 1.32 bits per heavy atom. The summed E-state index contributed by atoms with van der Waals surface area (Å²) in [4.78, 5) is 5.53. The summed E-state index contributed by atoms with van der Waals surface area (Å²) in [5, 5.41) is 15.2. The number of rotatable bonds is 4. The smallest absolute Gasteiger partial charge is 0.129 e. The second-order valence-electron chi connectivity index (χ2n) is 5.49. The van der Waals surface area contributed by atoms with Gasteiger partial charge in [0, 0.05) is 27.5 Å². The minimum Gasteiger partial charge on any atom is -0.496 e. The molecule has 1 atom stereocenters. The summed E-state index contributed by atoms with van der Waals surface area (Å²) in [6, 6.07) is 1.88. The molecule has 0 amide bonds. The molecule has 104 valence electrons. The van der Waals surface area contributed by atoms with Crippen LogP contribution in [-0.2, 0) is 11.8 Å². The van der Waals surface area contributed by atoms with Crippen molar-refractivity contribution in [2.75, 3.05) is 7.11 Å². The normalized spacial score (nSPS) is 13.5. The standard InChI is InChI=1S/C14H19NO2S2/c1-14(2,3)12-8-19-13(15-12)6-10(16)11-5-9(17-4)7-18-11/h5,7-8,10,16H,6H2,1-4H3. The minimum absolute atomic E-state index is 0.0614. The number of thiophene rings is 1. The molecule has 1 N–H and O–H groups in total. The average Bonchev–Trinajstić information content (AvgIpc) is 2.95. The molecule has 2 aromatic heterocycles. The highest BCUT2D eigenvalue weighted by molar-refractivity contribution is 7.10. The highest BCUT2D eigenvalue weighted by Crippen LogP contribution is 2.31. The van der Waals surface area contributed by atoms with Crippen LogP contribution in [0.25, 0.3) is 0 Å². The lowest BCUT2D eigenvalue weighted by molar-refractivity contribution is 0.182. The molecule has 0 radical (unpaired) electrons. The van der Waals surface area contributed by atoms with E-state index in [1.807, 2.05) is 11.4 Å². The van der Waals surface area contributed by atoms with Crippen LogP contribution in [0.3, 0.4) is 0 Å². The average molecular weight is 297 g/mol. The highest BCUT2D eigenvalue weighted by Gasteiger charge is 2.19. The molecule has 0 saturated carbocycles. The minimum atomic E-state index is -0.507. The molecule has 0 aromatic carbocycles. The van der Waals surface area contributed by atoms with Gasteiger partial charge in [-0.05, 0) is 6.07 Å². The molecule has 2 heterocycles. The third-order valence-electron chi connectivity index (χ3n) is 2.85. The first-order valence-corrected chi connectivity index (χ1v) is 7.91. The summed E-state index contributed by atoms with van der Waals surface area (Å²) in [5.74, 6) is 0.800. The number of nitrogens with zero attached hydrogens (tertiary/aromatic N) is 1. The topological polar surface area (TPSA) is 42.4 Å². The fourth-order valence-electron chi connectivity index (χ4n) is 1.63. The monoisotopic (exact) mass is 297 g/mol. The van der Waals surface area contributed by atoms with E-state index in [-0.39, 0.29) is 5.41 Å². The van der Waals surface area contributed by atoms with Crippen LogP contribution in [-0.4, -0.2) is 17.2 Å². The van der Waals surface area contributed by atoms with Crippen LogP contribution in [0.4, 0.5) is 0 Å². The van der Waals surface area contributed by atoms with E-state index in [1.165, 1.54) is 11.3 Å². The van der Waals surface area contributed by atoms with Crippen molar-refractivity contribution in [3.8, 4) is 5.75 Å². The molecule has 0 spiro atoms. The molecule has 2 rings (SSSR count). The fraction of sp³-hybridized carbons (Fsp3) is 0.500. The number of hydrogen-bond donors (Lipinski definition) is 1. The van der Waals surface area contributed by atoms with Gasteiger partial charge >= 0.3 is 0 Å². The van der Waals surface area contributed by atoms with Gasteiger partial charge in [0.05, 0.1) is 23.9 Å². The number of aliphatic hydroxyl groups excluding tert-OH is 1. The van der Waals surface area contributed by atoms with E-state index in [1.54, 1.807) is 18.4 Å². The van der Waals surface area contributed by atoms with Crippen molar-refractivity contribution < 1.29 is 9.84 Å². The summed E-state index contributed by atoms with van der Waals surface area (Å²) in [6.07, 6.45) is 0.0533. The third kappa shape index (κ3) is 3.55. The largest absolute Gasteiger partial charge is 0.496 e. The lowest BCUT2D eigenvalue weighted by atomic mass is 9.93. The van der Waals surface area contributed by atoms with E-state index in [0.29, 0.717) is 6.42 Å². The van der Waals surface area contributed by atoms with E-state index in [4.69, 9.17) is 4.74 Å². The Bertz CT molecular complexity index is 540. The van der Waals surface area contributed by atoms with Gasteiger partial charge < -0.3 is 9.84 Å². The Morgan fingerprint density at radius 2 is 2.05 bits per heavy atom. The SMILES string of the molecule is COc1csc(C(O)Cc2nc(C(C)(C)C)cs2)c1. The molecule has 0 bridgehead atoms.